The van der Waals surface area contributed by atoms with Gasteiger partial charge in [0.2, 0.25) is 5.91 Å². The number of rotatable bonds is 4. The lowest BCUT2D eigenvalue weighted by Gasteiger charge is -2.16. The SMILES string of the molecule is O=C1CCCN1c1cccc(NS(=O)(=O)c2ccn[nH]2)c1. The fourth-order valence-corrected chi connectivity index (χ4v) is 3.22. The number of hydrogen-bond donors (Lipinski definition) is 2. The molecule has 0 radical (unpaired) electrons. The fraction of sp³-hybridized carbons (Fsp3) is 0.231. The van der Waals surface area contributed by atoms with E-state index in [4.69, 9.17) is 0 Å². The third-order valence-electron chi connectivity index (χ3n) is 3.25. The first-order valence-electron chi connectivity index (χ1n) is 6.49. The molecule has 0 bridgehead atoms. The summed E-state index contributed by atoms with van der Waals surface area (Å²) < 4.78 is 26.7. The first-order valence-corrected chi connectivity index (χ1v) is 7.97. The van der Waals surface area contributed by atoms with Gasteiger partial charge in [-0.05, 0) is 30.7 Å². The molecule has 1 aliphatic rings. The molecule has 0 unspecified atom stereocenters. The Morgan fingerprint density at radius 1 is 1.29 bits per heavy atom. The van der Waals surface area contributed by atoms with Crippen LogP contribution in [0.1, 0.15) is 12.8 Å². The Hall–Kier alpha value is -2.35. The summed E-state index contributed by atoms with van der Waals surface area (Å²) in [6.07, 6.45) is 2.72. The maximum atomic E-state index is 12.1. The van der Waals surface area contributed by atoms with Gasteiger partial charge in [0.15, 0.2) is 5.03 Å². The van der Waals surface area contributed by atoms with E-state index in [2.05, 4.69) is 14.9 Å². The summed E-state index contributed by atoms with van der Waals surface area (Å²) in [4.78, 5) is 13.4. The Balaban J connectivity index is 1.85. The van der Waals surface area contributed by atoms with E-state index < -0.39 is 10.0 Å². The summed E-state index contributed by atoms with van der Waals surface area (Å²) >= 11 is 0. The molecule has 3 rings (SSSR count). The highest BCUT2D eigenvalue weighted by atomic mass is 32.2. The zero-order valence-electron chi connectivity index (χ0n) is 11.1. The van der Waals surface area contributed by atoms with Crippen LogP contribution in [0.15, 0.2) is 41.6 Å². The highest BCUT2D eigenvalue weighted by molar-refractivity contribution is 7.92. The van der Waals surface area contributed by atoms with Crippen LogP contribution in [0.2, 0.25) is 0 Å². The van der Waals surface area contributed by atoms with Crippen molar-refractivity contribution in [3.8, 4) is 0 Å². The minimum atomic E-state index is -3.70. The predicted octanol–water partition coefficient (Wildman–Crippen LogP) is 1.34. The van der Waals surface area contributed by atoms with E-state index in [9.17, 15) is 13.2 Å². The number of carbonyl (C=O) groups excluding carboxylic acids is 1. The molecule has 110 valence electrons. The standard InChI is InChI=1S/C13H14N4O3S/c18-13-5-2-8-17(13)11-4-1-3-10(9-11)16-21(19,20)12-6-7-14-15-12/h1,3-4,6-7,9,16H,2,5,8H2,(H,14,15). The van der Waals surface area contributed by atoms with Gasteiger partial charge in [0.1, 0.15) is 0 Å². The number of aromatic nitrogens is 2. The van der Waals surface area contributed by atoms with Crippen LogP contribution in [-0.4, -0.2) is 31.1 Å². The van der Waals surface area contributed by atoms with E-state index >= 15 is 0 Å². The van der Waals surface area contributed by atoms with Gasteiger partial charge in [-0.25, -0.2) is 0 Å². The average molecular weight is 306 g/mol. The summed E-state index contributed by atoms with van der Waals surface area (Å²) in [7, 11) is -3.70. The lowest BCUT2D eigenvalue weighted by molar-refractivity contribution is -0.117. The van der Waals surface area contributed by atoms with Crippen LogP contribution in [0.4, 0.5) is 11.4 Å². The van der Waals surface area contributed by atoms with Crippen LogP contribution in [-0.2, 0) is 14.8 Å². The molecule has 1 aliphatic heterocycles. The van der Waals surface area contributed by atoms with E-state index in [1.807, 2.05) is 0 Å². The molecule has 1 saturated heterocycles. The molecule has 2 aromatic rings. The molecule has 1 aromatic carbocycles. The van der Waals surface area contributed by atoms with Crippen molar-refractivity contribution < 1.29 is 13.2 Å². The van der Waals surface area contributed by atoms with Gasteiger partial charge in [-0.2, -0.15) is 13.5 Å². The Labute approximate surface area is 122 Å². The summed E-state index contributed by atoms with van der Waals surface area (Å²) in [5.41, 5.74) is 1.10. The third kappa shape index (κ3) is 2.75. The Morgan fingerprint density at radius 2 is 2.14 bits per heavy atom. The highest BCUT2D eigenvalue weighted by Gasteiger charge is 2.22. The van der Waals surface area contributed by atoms with E-state index in [1.54, 1.807) is 29.2 Å². The first-order chi connectivity index (χ1) is 10.1. The lowest BCUT2D eigenvalue weighted by Crippen LogP contribution is -2.23. The number of nitrogens with one attached hydrogen (secondary N) is 2. The van der Waals surface area contributed by atoms with Crippen molar-refractivity contribution in [2.45, 2.75) is 17.9 Å². The third-order valence-corrected chi connectivity index (χ3v) is 4.56. The molecular formula is C13H14N4O3S. The molecule has 1 fully saturated rings. The number of anilines is 2. The molecule has 2 N–H and O–H groups in total. The van der Waals surface area contributed by atoms with Crippen molar-refractivity contribution >= 4 is 27.3 Å². The lowest BCUT2D eigenvalue weighted by atomic mass is 10.2. The topological polar surface area (TPSA) is 95.2 Å². The van der Waals surface area contributed by atoms with Crippen LogP contribution in [0, 0.1) is 0 Å². The number of aromatic amines is 1. The van der Waals surface area contributed by atoms with Crippen molar-refractivity contribution in [1.29, 1.82) is 0 Å². The molecule has 7 nitrogen and oxygen atoms in total. The van der Waals surface area contributed by atoms with Gasteiger partial charge in [-0.1, -0.05) is 6.07 Å². The van der Waals surface area contributed by atoms with Gasteiger partial charge in [0.25, 0.3) is 10.0 Å². The van der Waals surface area contributed by atoms with Crippen molar-refractivity contribution in [3.63, 3.8) is 0 Å². The summed E-state index contributed by atoms with van der Waals surface area (Å²) in [5, 5.41) is 6.02. The molecule has 0 atom stereocenters. The minimum absolute atomic E-state index is 0.00912. The number of hydrogen-bond acceptors (Lipinski definition) is 4. The van der Waals surface area contributed by atoms with Crippen LogP contribution >= 0.6 is 0 Å². The summed E-state index contributed by atoms with van der Waals surface area (Å²) in [5.74, 6) is 0.0589. The zero-order chi connectivity index (χ0) is 14.9. The number of amides is 1. The van der Waals surface area contributed by atoms with Crippen LogP contribution in [0.3, 0.4) is 0 Å². The minimum Gasteiger partial charge on any atom is -0.312 e. The van der Waals surface area contributed by atoms with Crippen LogP contribution < -0.4 is 9.62 Å². The van der Waals surface area contributed by atoms with Crippen LogP contribution in [0.5, 0.6) is 0 Å². The predicted molar refractivity (Wildman–Crippen MR) is 77.4 cm³/mol. The highest BCUT2D eigenvalue weighted by Crippen LogP contribution is 2.25. The number of nitrogens with zero attached hydrogens (tertiary/aromatic N) is 2. The molecule has 0 saturated carbocycles. The van der Waals surface area contributed by atoms with Gasteiger partial charge in [-0.3, -0.25) is 14.6 Å². The van der Waals surface area contributed by atoms with Crippen molar-refractivity contribution in [2.75, 3.05) is 16.2 Å². The van der Waals surface area contributed by atoms with E-state index in [0.717, 1.165) is 6.42 Å². The zero-order valence-corrected chi connectivity index (χ0v) is 11.9. The van der Waals surface area contributed by atoms with Gasteiger partial charge in [0.05, 0.1) is 11.9 Å². The number of H-pyrrole nitrogens is 1. The molecule has 1 amide bonds. The number of carbonyl (C=O) groups is 1. The number of sulfonamides is 1. The second-order valence-corrected chi connectivity index (χ2v) is 6.38. The molecule has 8 heteroatoms. The second kappa shape index (κ2) is 5.21. The van der Waals surface area contributed by atoms with Crippen molar-refractivity contribution in [3.05, 3.63) is 36.5 Å². The molecule has 1 aromatic heterocycles. The van der Waals surface area contributed by atoms with Gasteiger partial charge >= 0.3 is 0 Å². The van der Waals surface area contributed by atoms with Gasteiger partial charge < -0.3 is 4.90 Å². The fourth-order valence-electron chi connectivity index (χ4n) is 2.26. The second-order valence-electron chi connectivity index (χ2n) is 4.73. The Bertz CT molecular complexity index is 755. The first kappa shape index (κ1) is 13.6. The normalized spacial score (nSPS) is 15.4. The summed E-state index contributed by atoms with van der Waals surface area (Å²) in [6.45, 7) is 0.662. The monoisotopic (exact) mass is 306 g/mol. The van der Waals surface area contributed by atoms with Crippen LogP contribution in [0.25, 0.3) is 0 Å². The number of benzene rings is 1. The Morgan fingerprint density at radius 3 is 2.81 bits per heavy atom. The molecular weight excluding hydrogens is 292 g/mol. The Kier molecular flexibility index (Phi) is 3.38. The average Bonchev–Trinajstić information content (AvgIpc) is 3.09. The van der Waals surface area contributed by atoms with Gasteiger partial charge in [-0.15, -0.1) is 0 Å². The summed E-state index contributed by atoms with van der Waals surface area (Å²) in [6, 6.07) is 8.16. The van der Waals surface area contributed by atoms with Crippen molar-refractivity contribution in [2.24, 2.45) is 0 Å². The maximum Gasteiger partial charge on any atom is 0.278 e. The molecule has 21 heavy (non-hydrogen) atoms. The molecule has 0 aliphatic carbocycles. The van der Waals surface area contributed by atoms with E-state index in [0.29, 0.717) is 24.3 Å². The van der Waals surface area contributed by atoms with E-state index in [-0.39, 0.29) is 10.9 Å². The van der Waals surface area contributed by atoms with E-state index in [1.165, 1.54) is 12.3 Å². The maximum absolute atomic E-state index is 12.1. The van der Waals surface area contributed by atoms with Crippen molar-refractivity contribution in [1.82, 2.24) is 10.2 Å². The quantitative estimate of drug-likeness (QED) is 0.891. The van der Waals surface area contributed by atoms with Gasteiger partial charge in [0, 0.05) is 18.7 Å². The molecule has 2 heterocycles. The molecule has 0 spiro atoms. The smallest absolute Gasteiger partial charge is 0.278 e. The largest absolute Gasteiger partial charge is 0.312 e.